The molecule has 5 heteroatoms. The van der Waals surface area contributed by atoms with Gasteiger partial charge in [0.15, 0.2) is 0 Å². The second-order valence-electron chi connectivity index (χ2n) is 3.95. The fraction of sp³-hybridized carbons (Fsp3) is 0.700. The van der Waals surface area contributed by atoms with Gasteiger partial charge in [-0.2, -0.15) is 0 Å². The Labute approximate surface area is 89.3 Å². The van der Waals surface area contributed by atoms with E-state index in [9.17, 15) is 0 Å². The molecule has 0 spiro atoms. The number of nitrogens with zero attached hydrogens (tertiary/aromatic N) is 3. The summed E-state index contributed by atoms with van der Waals surface area (Å²) in [6.45, 7) is 3.50. The maximum absolute atomic E-state index is 9.08. The van der Waals surface area contributed by atoms with Crippen LogP contribution in [-0.2, 0) is 17.9 Å². The summed E-state index contributed by atoms with van der Waals surface area (Å²) in [7, 11) is 2.09. The van der Waals surface area contributed by atoms with E-state index in [0.29, 0.717) is 0 Å². The smallest absolute Gasteiger partial charge is 0.0949 e. The first-order chi connectivity index (χ1) is 7.29. The molecule has 1 atom stereocenters. The molecule has 2 rings (SSSR count). The highest BCUT2D eigenvalue weighted by atomic mass is 16.5. The first-order valence-electron chi connectivity index (χ1n) is 5.19. The molecule has 84 valence electrons. The van der Waals surface area contributed by atoms with Crippen LogP contribution in [0.5, 0.6) is 0 Å². The first kappa shape index (κ1) is 10.6. The zero-order valence-corrected chi connectivity index (χ0v) is 8.96. The van der Waals surface area contributed by atoms with Gasteiger partial charge in [0.1, 0.15) is 0 Å². The van der Waals surface area contributed by atoms with E-state index in [-0.39, 0.29) is 12.7 Å². The van der Waals surface area contributed by atoms with Gasteiger partial charge in [0.25, 0.3) is 0 Å². The van der Waals surface area contributed by atoms with Gasteiger partial charge in [-0.25, -0.2) is 4.98 Å². The van der Waals surface area contributed by atoms with Crippen molar-refractivity contribution in [2.75, 3.05) is 26.7 Å². The Morgan fingerprint density at radius 1 is 1.67 bits per heavy atom. The van der Waals surface area contributed by atoms with Crippen LogP contribution in [0.2, 0.25) is 0 Å². The van der Waals surface area contributed by atoms with Gasteiger partial charge in [0, 0.05) is 13.1 Å². The summed E-state index contributed by atoms with van der Waals surface area (Å²) in [6, 6.07) is 0. The quantitative estimate of drug-likeness (QED) is 0.746. The molecule has 0 amide bonds. The molecule has 0 aliphatic carbocycles. The number of hydrogen-bond donors (Lipinski definition) is 1. The molecule has 1 aromatic heterocycles. The average molecular weight is 211 g/mol. The van der Waals surface area contributed by atoms with Crippen molar-refractivity contribution < 1.29 is 9.84 Å². The number of imidazole rings is 1. The van der Waals surface area contributed by atoms with E-state index in [4.69, 9.17) is 9.84 Å². The van der Waals surface area contributed by atoms with E-state index in [2.05, 4.69) is 16.9 Å². The number of aliphatic hydroxyl groups excluding tert-OH is 1. The molecule has 1 fully saturated rings. The standard InChI is InChI=1S/C10H17N3O2/c1-12-2-3-15-10(5-12)6-13-8-11-4-9(13)7-14/h4,8,10,14H,2-3,5-7H2,1H3. The minimum absolute atomic E-state index is 0.0303. The van der Waals surface area contributed by atoms with E-state index < -0.39 is 0 Å². The number of likely N-dealkylation sites (N-methyl/N-ethyl adjacent to an activating group) is 1. The van der Waals surface area contributed by atoms with Crippen LogP contribution >= 0.6 is 0 Å². The first-order valence-corrected chi connectivity index (χ1v) is 5.19. The molecule has 1 aromatic rings. The molecule has 0 aromatic carbocycles. The van der Waals surface area contributed by atoms with Gasteiger partial charge in [0.2, 0.25) is 0 Å². The molecule has 1 aliphatic heterocycles. The lowest BCUT2D eigenvalue weighted by molar-refractivity contribution is -0.0280. The summed E-state index contributed by atoms with van der Waals surface area (Å²) in [5, 5.41) is 9.08. The molecule has 15 heavy (non-hydrogen) atoms. The highest BCUT2D eigenvalue weighted by molar-refractivity contribution is 4.96. The summed E-state index contributed by atoms with van der Waals surface area (Å²) < 4.78 is 7.60. The molecule has 1 N–H and O–H groups in total. The van der Waals surface area contributed by atoms with Gasteiger partial charge in [-0.05, 0) is 7.05 Å². The highest BCUT2D eigenvalue weighted by Crippen LogP contribution is 2.08. The van der Waals surface area contributed by atoms with Crippen LogP contribution in [0, 0.1) is 0 Å². The Morgan fingerprint density at radius 3 is 3.27 bits per heavy atom. The number of ether oxygens (including phenoxy) is 1. The fourth-order valence-corrected chi connectivity index (χ4v) is 1.84. The Hall–Kier alpha value is -0.910. The summed E-state index contributed by atoms with van der Waals surface area (Å²) in [5.41, 5.74) is 0.840. The minimum Gasteiger partial charge on any atom is -0.390 e. The SMILES string of the molecule is CN1CCOC(Cn2cncc2CO)C1. The van der Waals surface area contributed by atoms with Gasteiger partial charge in [0.05, 0.1) is 44.1 Å². The average Bonchev–Trinajstić information content (AvgIpc) is 2.65. The third kappa shape index (κ3) is 2.56. The Morgan fingerprint density at radius 2 is 2.53 bits per heavy atom. The third-order valence-electron chi connectivity index (χ3n) is 2.70. The maximum Gasteiger partial charge on any atom is 0.0949 e. The van der Waals surface area contributed by atoms with Crippen molar-refractivity contribution in [2.24, 2.45) is 0 Å². The van der Waals surface area contributed by atoms with Crippen LogP contribution in [0.25, 0.3) is 0 Å². The van der Waals surface area contributed by atoms with E-state index in [1.54, 1.807) is 12.5 Å². The highest BCUT2D eigenvalue weighted by Gasteiger charge is 2.18. The largest absolute Gasteiger partial charge is 0.390 e. The molecule has 0 radical (unpaired) electrons. The summed E-state index contributed by atoms with van der Waals surface area (Å²) in [5.74, 6) is 0. The molecule has 0 saturated carbocycles. The predicted octanol–water partition coefficient (Wildman–Crippen LogP) is -0.294. The van der Waals surface area contributed by atoms with Crippen molar-refractivity contribution >= 4 is 0 Å². The molecule has 0 bridgehead atoms. The maximum atomic E-state index is 9.08. The van der Waals surface area contributed by atoms with Crippen molar-refractivity contribution in [1.82, 2.24) is 14.5 Å². The second-order valence-corrected chi connectivity index (χ2v) is 3.95. The summed E-state index contributed by atoms with van der Waals surface area (Å²) in [4.78, 5) is 6.26. The lowest BCUT2D eigenvalue weighted by Gasteiger charge is -2.30. The fourth-order valence-electron chi connectivity index (χ4n) is 1.84. The van der Waals surface area contributed by atoms with Crippen LogP contribution < -0.4 is 0 Å². The molecule has 1 saturated heterocycles. The minimum atomic E-state index is 0.0303. The summed E-state index contributed by atoms with van der Waals surface area (Å²) in [6.07, 6.45) is 3.62. The number of hydrogen-bond acceptors (Lipinski definition) is 4. The van der Waals surface area contributed by atoms with Crippen LogP contribution in [0.15, 0.2) is 12.5 Å². The third-order valence-corrected chi connectivity index (χ3v) is 2.70. The Kier molecular flexibility index (Phi) is 3.35. The molecule has 5 nitrogen and oxygen atoms in total. The van der Waals surface area contributed by atoms with E-state index in [0.717, 1.165) is 31.9 Å². The number of aromatic nitrogens is 2. The van der Waals surface area contributed by atoms with Crippen LogP contribution in [0.4, 0.5) is 0 Å². The molecule has 2 heterocycles. The monoisotopic (exact) mass is 211 g/mol. The van der Waals surface area contributed by atoms with Gasteiger partial charge < -0.3 is 19.3 Å². The molecule has 1 aliphatic rings. The van der Waals surface area contributed by atoms with Crippen molar-refractivity contribution in [2.45, 2.75) is 19.3 Å². The summed E-state index contributed by atoms with van der Waals surface area (Å²) >= 11 is 0. The predicted molar refractivity (Wildman–Crippen MR) is 55.4 cm³/mol. The van der Waals surface area contributed by atoms with E-state index >= 15 is 0 Å². The van der Waals surface area contributed by atoms with Crippen LogP contribution in [-0.4, -0.2) is 52.4 Å². The van der Waals surface area contributed by atoms with Crippen LogP contribution in [0.3, 0.4) is 0 Å². The Bertz CT molecular complexity index is 313. The number of morpholine rings is 1. The van der Waals surface area contributed by atoms with Gasteiger partial charge >= 0.3 is 0 Å². The van der Waals surface area contributed by atoms with Crippen molar-refractivity contribution in [3.8, 4) is 0 Å². The molecule has 1 unspecified atom stereocenters. The van der Waals surface area contributed by atoms with E-state index in [1.807, 2.05) is 4.57 Å². The lowest BCUT2D eigenvalue weighted by atomic mass is 10.3. The van der Waals surface area contributed by atoms with Crippen molar-refractivity contribution in [3.05, 3.63) is 18.2 Å². The molecular weight excluding hydrogens is 194 g/mol. The van der Waals surface area contributed by atoms with Crippen molar-refractivity contribution in [1.29, 1.82) is 0 Å². The van der Waals surface area contributed by atoms with Crippen molar-refractivity contribution in [3.63, 3.8) is 0 Å². The second kappa shape index (κ2) is 4.74. The van der Waals surface area contributed by atoms with Gasteiger partial charge in [-0.3, -0.25) is 0 Å². The topological polar surface area (TPSA) is 50.5 Å². The zero-order chi connectivity index (χ0) is 10.7. The van der Waals surface area contributed by atoms with Crippen LogP contribution in [0.1, 0.15) is 5.69 Å². The molecular formula is C10H17N3O2. The number of aliphatic hydroxyl groups is 1. The normalized spacial score (nSPS) is 23.2. The Balaban J connectivity index is 1.96. The number of rotatable bonds is 3. The zero-order valence-electron chi connectivity index (χ0n) is 8.96. The van der Waals surface area contributed by atoms with E-state index in [1.165, 1.54) is 0 Å². The van der Waals surface area contributed by atoms with Gasteiger partial charge in [-0.1, -0.05) is 0 Å². The lowest BCUT2D eigenvalue weighted by Crippen LogP contribution is -2.42. The van der Waals surface area contributed by atoms with Gasteiger partial charge in [-0.15, -0.1) is 0 Å².